The number of aldehydes is 1. The fourth-order valence-electron chi connectivity index (χ4n) is 1.50. The van der Waals surface area contributed by atoms with Gasteiger partial charge in [0.15, 0.2) is 12.1 Å². The summed E-state index contributed by atoms with van der Waals surface area (Å²) in [5, 5.41) is 0. The molecule has 1 aromatic carbocycles. The van der Waals surface area contributed by atoms with Crippen molar-refractivity contribution >= 4 is 6.29 Å². The van der Waals surface area contributed by atoms with Crippen LogP contribution in [0, 0.1) is 0 Å². The fraction of sp³-hybridized carbons (Fsp3) is 0.0909. The van der Waals surface area contributed by atoms with Crippen molar-refractivity contribution in [2.75, 3.05) is 0 Å². The van der Waals surface area contributed by atoms with Crippen molar-refractivity contribution in [1.82, 2.24) is 9.97 Å². The number of hydrogen-bond acceptors (Lipinski definition) is 2. The van der Waals surface area contributed by atoms with E-state index in [1.165, 1.54) is 24.4 Å². The summed E-state index contributed by atoms with van der Waals surface area (Å²) in [6.45, 7) is 0. The topological polar surface area (TPSA) is 45.8 Å². The first kappa shape index (κ1) is 11.4. The van der Waals surface area contributed by atoms with Gasteiger partial charge >= 0.3 is 6.18 Å². The first-order chi connectivity index (χ1) is 8.02. The SMILES string of the molecule is O=Cc1ncc(-c2ccccc2C(F)(F)F)[nH]1. The van der Waals surface area contributed by atoms with E-state index in [1.54, 1.807) is 0 Å². The molecule has 1 heterocycles. The van der Waals surface area contributed by atoms with E-state index in [0.717, 1.165) is 6.07 Å². The van der Waals surface area contributed by atoms with Crippen molar-refractivity contribution in [2.24, 2.45) is 0 Å². The van der Waals surface area contributed by atoms with Crippen LogP contribution in [0.25, 0.3) is 11.3 Å². The molecule has 2 rings (SSSR count). The molecule has 0 unspecified atom stereocenters. The van der Waals surface area contributed by atoms with Crippen LogP contribution in [0.5, 0.6) is 0 Å². The van der Waals surface area contributed by atoms with Gasteiger partial charge < -0.3 is 4.98 Å². The van der Waals surface area contributed by atoms with Gasteiger partial charge in [0.05, 0.1) is 17.5 Å². The molecule has 0 saturated carbocycles. The van der Waals surface area contributed by atoms with Gasteiger partial charge in [-0.25, -0.2) is 4.98 Å². The number of hydrogen-bond donors (Lipinski definition) is 1. The number of H-pyrrole nitrogens is 1. The molecular formula is C11H7F3N2O. The number of halogens is 3. The summed E-state index contributed by atoms with van der Waals surface area (Å²) >= 11 is 0. The molecule has 0 bridgehead atoms. The first-order valence-electron chi connectivity index (χ1n) is 4.69. The summed E-state index contributed by atoms with van der Waals surface area (Å²) in [5.41, 5.74) is -0.623. The van der Waals surface area contributed by atoms with E-state index in [-0.39, 0.29) is 17.1 Å². The minimum Gasteiger partial charge on any atom is -0.336 e. The van der Waals surface area contributed by atoms with E-state index >= 15 is 0 Å². The molecule has 0 atom stereocenters. The van der Waals surface area contributed by atoms with Crippen molar-refractivity contribution in [3.63, 3.8) is 0 Å². The number of aromatic nitrogens is 2. The summed E-state index contributed by atoms with van der Waals surface area (Å²) in [5.74, 6) is -0.00280. The van der Waals surface area contributed by atoms with Crippen molar-refractivity contribution in [3.8, 4) is 11.3 Å². The second kappa shape index (κ2) is 4.04. The zero-order valence-electron chi connectivity index (χ0n) is 8.45. The Morgan fingerprint density at radius 2 is 1.94 bits per heavy atom. The van der Waals surface area contributed by atoms with Gasteiger partial charge in [0.2, 0.25) is 0 Å². The van der Waals surface area contributed by atoms with E-state index in [2.05, 4.69) is 9.97 Å². The molecule has 0 aliphatic heterocycles. The van der Waals surface area contributed by atoms with Crippen LogP contribution in [0.15, 0.2) is 30.5 Å². The molecule has 0 aliphatic rings. The van der Waals surface area contributed by atoms with Gasteiger partial charge in [-0.2, -0.15) is 13.2 Å². The highest BCUT2D eigenvalue weighted by Gasteiger charge is 2.33. The number of nitrogens with zero attached hydrogens (tertiary/aromatic N) is 1. The maximum absolute atomic E-state index is 12.7. The number of imidazole rings is 1. The van der Waals surface area contributed by atoms with Crippen molar-refractivity contribution in [3.05, 3.63) is 41.9 Å². The molecular weight excluding hydrogens is 233 g/mol. The highest BCUT2D eigenvalue weighted by Crippen LogP contribution is 2.36. The maximum atomic E-state index is 12.7. The van der Waals surface area contributed by atoms with Gasteiger partial charge in [0.25, 0.3) is 0 Å². The predicted molar refractivity (Wildman–Crippen MR) is 54.4 cm³/mol. The number of nitrogens with one attached hydrogen (secondary N) is 1. The average molecular weight is 240 g/mol. The average Bonchev–Trinajstić information content (AvgIpc) is 2.76. The van der Waals surface area contributed by atoms with Crippen LogP contribution >= 0.6 is 0 Å². The lowest BCUT2D eigenvalue weighted by atomic mass is 10.1. The van der Waals surface area contributed by atoms with Gasteiger partial charge in [0.1, 0.15) is 0 Å². The Morgan fingerprint density at radius 1 is 1.24 bits per heavy atom. The highest BCUT2D eigenvalue weighted by molar-refractivity contribution is 5.72. The van der Waals surface area contributed by atoms with E-state index in [0.29, 0.717) is 6.29 Å². The number of carbonyl (C=O) groups excluding carboxylic acids is 1. The predicted octanol–water partition coefficient (Wildman–Crippen LogP) is 2.91. The standard InChI is InChI=1S/C11H7F3N2O/c12-11(13,14)8-4-2-1-3-7(8)9-5-15-10(6-17)16-9/h1-6H,(H,15,16). The Balaban J connectivity index is 2.55. The third kappa shape index (κ3) is 2.20. The molecule has 1 aromatic heterocycles. The summed E-state index contributed by atoms with van der Waals surface area (Å²) < 4.78 is 38.2. The molecule has 0 radical (unpaired) electrons. The Morgan fingerprint density at radius 3 is 2.53 bits per heavy atom. The molecule has 6 heteroatoms. The Bertz CT molecular complexity index is 546. The molecule has 1 N–H and O–H groups in total. The summed E-state index contributed by atoms with van der Waals surface area (Å²) in [7, 11) is 0. The lowest BCUT2D eigenvalue weighted by Crippen LogP contribution is -2.06. The lowest BCUT2D eigenvalue weighted by molar-refractivity contribution is -0.137. The van der Waals surface area contributed by atoms with Gasteiger partial charge in [0, 0.05) is 5.56 Å². The van der Waals surface area contributed by atoms with E-state index < -0.39 is 11.7 Å². The Labute approximate surface area is 94.3 Å². The zero-order valence-corrected chi connectivity index (χ0v) is 8.45. The van der Waals surface area contributed by atoms with E-state index in [9.17, 15) is 18.0 Å². The number of aromatic amines is 1. The molecule has 17 heavy (non-hydrogen) atoms. The van der Waals surface area contributed by atoms with Crippen LogP contribution in [0.2, 0.25) is 0 Å². The van der Waals surface area contributed by atoms with Crippen molar-refractivity contribution < 1.29 is 18.0 Å². The monoisotopic (exact) mass is 240 g/mol. The fourth-order valence-corrected chi connectivity index (χ4v) is 1.50. The maximum Gasteiger partial charge on any atom is 0.417 e. The zero-order chi connectivity index (χ0) is 12.5. The molecule has 0 spiro atoms. The molecule has 0 amide bonds. The highest BCUT2D eigenvalue weighted by atomic mass is 19.4. The van der Waals surface area contributed by atoms with E-state index in [4.69, 9.17) is 0 Å². The van der Waals surface area contributed by atoms with Gasteiger partial charge in [-0.15, -0.1) is 0 Å². The van der Waals surface area contributed by atoms with Gasteiger partial charge in [-0.3, -0.25) is 4.79 Å². The first-order valence-corrected chi connectivity index (χ1v) is 4.69. The number of alkyl halides is 3. The van der Waals surface area contributed by atoms with Crippen LogP contribution < -0.4 is 0 Å². The number of benzene rings is 1. The van der Waals surface area contributed by atoms with Gasteiger partial charge in [-0.1, -0.05) is 18.2 Å². The normalized spacial score (nSPS) is 11.5. The quantitative estimate of drug-likeness (QED) is 0.820. The van der Waals surface area contributed by atoms with Crippen LogP contribution in [0.1, 0.15) is 16.2 Å². The third-order valence-corrected chi connectivity index (χ3v) is 2.23. The van der Waals surface area contributed by atoms with Crippen molar-refractivity contribution in [2.45, 2.75) is 6.18 Å². The smallest absolute Gasteiger partial charge is 0.336 e. The van der Waals surface area contributed by atoms with Crippen LogP contribution in [0.3, 0.4) is 0 Å². The van der Waals surface area contributed by atoms with Gasteiger partial charge in [-0.05, 0) is 6.07 Å². The number of carbonyl (C=O) groups is 1. The Kier molecular flexibility index (Phi) is 2.71. The molecule has 0 aliphatic carbocycles. The van der Waals surface area contributed by atoms with Crippen LogP contribution in [0.4, 0.5) is 13.2 Å². The molecule has 88 valence electrons. The van der Waals surface area contributed by atoms with E-state index in [1.807, 2.05) is 0 Å². The van der Waals surface area contributed by atoms with Crippen molar-refractivity contribution in [1.29, 1.82) is 0 Å². The molecule has 3 nitrogen and oxygen atoms in total. The molecule has 0 fully saturated rings. The minimum atomic E-state index is -4.44. The summed E-state index contributed by atoms with van der Waals surface area (Å²) in [4.78, 5) is 16.6. The minimum absolute atomic E-state index is 0.00280. The lowest BCUT2D eigenvalue weighted by Gasteiger charge is -2.10. The largest absolute Gasteiger partial charge is 0.417 e. The summed E-state index contributed by atoms with van der Waals surface area (Å²) in [6.07, 6.45) is -2.79. The second-order valence-corrected chi connectivity index (χ2v) is 3.34. The molecule has 2 aromatic rings. The van der Waals surface area contributed by atoms with Crippen LogP contribution in [-0.2, 0) is 6.18 Å². The summed E-state index contributed by atoms with van der Waals surface area (Å²) in [6, 6.07) is 5.11. The molecule has 0 saturated heterocycles. The number of rotatable bonds is 2. The second-order valence-electron chi connectivity index (χ2n) is 3.34. The Hall–Kier alpha value is -2.11. The van der Waals surface area contributed by atoms with Crippen LogP contribution in [-0.4, -0.2) is 16.3 Å². The third-order valence-electron chi connectivity index (χ3n) is 2.23.